The van der Waals surface area contributed by atoms with Gasteiger partial charge in [0.05, 0.1) is 24.9 Å². The summed E-state index contributed by atoms with van der Waals surface area (Å²) in [6.45, 7) is 16.6. The van der Waals surface area contributed by atoms with Crippen LogP contribution in [0, 0.1) is 35.5 Å². The zero-order valence-electron chi connectivity index (χ0n) is 27.6. The van der Waals surface area contributed by atoms with E-state index in [4.69, 9.17) is 18.9 Å². The molecular weight excluding hydrogens is 548 g/mol. The number of ether oxygens (including phenoxy) is 4. The van der Waals surface area contributed by atoms with Crippen molar-refractivity contribution in [2.24, 2.45) is 35.5 Å². The molecule has 43 heavy (non-hydrogen) atoms. The Balaban J connectivity index is 2.53. The Labute approximate surface area is 257 Å². The minimum Gasteiger partial charge on any atom is -0.493 e. The smallest absolute Gasteiger partial charge is 0.373 e. The molecule has 8 atom stereocenters. The highest BCUT2D eigenvalue weighted by Gasteiger charge is 2.40. The number of esters is 1. The van der Waals surface area contributed by atoms with Crippen LogP contribution in [-0.2, 0) is 38.1 Å². The molecule has 2 aliphatic rings. The van der Waals surface area contributed by atoms with Crippen LogP contribution < -0.4 is 0 Å². The highest BCUT2D eigenvalue weighted by atomic mass is 16.6. The second-order valence-electron chi connectivity index (χ2n) is 12.4. The Bertz CT molecular complexity index is 1200. The Morgan fingerprint density at radius 1 is 0.953 bits per heavy atom. The first-order valence-electron chi connectivity index (χ1n) is 15.1. The highest BCUT2D eigenvalue weighted by molar-refractivity contribution is 5.95. The monoisotopic (exact) mass is 598 g/mol. The van der Waals surface area contributed by atoms with Crippen LogP contribution in [0.2, 0.25) is 0 Å². The van der Waals surface area contributed by atoms with Crippen molar-refractivity contribution in [1.82, 2.24) is 0 Å². The average Bonchev–Trinajstić information content (AvgIpc) is 2.95. The number of hydrogen-bond donors (Lipinski definition) is 0. The Morgan fingerprint density at radius 2 is 1.60 bits per heavy atom. The molecule has 0 aromatic carbocycles. The first-order valence-corrected chi connectivity index (χ1v) is 15.1. The maximum atomic E-state index is 13.9. The van der Waals surface area contributed by atoms with Crippen molar-refractivity contribution in [3.8, 4) is 0 Å². The van der Waals surface area contributed by atoms with Crippen molar-refractivity contribution in [3.05, 3.63) is 59.1 Å². The molecule has 0 spiro atoms. The molecule has 0 bridgehead atoms. The standard InChI is InChI=1S/C35H50O8/c1-19(2)33-24(7)27(36)18-29(42-33)25(8)32(38)26(9)34-28(40-10)14-12-13-20(3)15-22(5)31(37)23(6)16-21(4)17-30(41-11)35(39)43-34/h12-14,16-19,22-26,28,33-34H,15H2,1-11H3/b14-12+,20-13+,21-16+,30-17-/t22-,23?,24-,25+,26-,28?,33+,34+/m0/s1. The van der Waals surface area contributed by atoms with Gasteiger partial charge in [-0.25, -0.2) is 4.79 Å². The predicted molar refractivity (Wildman–Crippen MR) is 166 cm³/mol. The van der Waals surface area contributed by atoms with Crippen LogP contribution in [-0.4, -0.2) is 55.9 Å². The van der Waals surface area contributed by atoms with Gasteiger partial charge in [0.15, 0.2) is 5.78 Å². The number of allylic oxidation sites excluding steroid dienone is 8. The van der Waals surface area contributed by atoms with Crippen LogP contribution in [0.4, 0.5) is 0 Å². The summed E-state index contributed by atoms with van der Waals surface area (Å²) in [7, 11) is 2.84. The van der Waals surface area contributed by atoms with Crippen molar-refractivity contribution in [1.29, 1.82) is 0 Å². The fourth-order valence-corrected chi connectivity index (χ4v) is 5.68. The summed E-state index contributed by atoms with van der Waals surface area (Å²) in [6, 6.07) is 0. The largest absolute Gasteiger partial charge is 0.493 e. The van der Waals surface area contributed by atoms with Gasteiger partial charge in [-0.3, -0.25) is 14.4 Å². The van der Waals surface area contributed by atoms with Crippen molar-refractivity contribution in [2.75, 3.05) is 14.2 Å². The fourth-order valence-electron chi connectivity index (χ4n) is 5.68. The van der Waals surface area contributed by atoms with E-state index in [0.29, 0.717) is 17.8 Å². The quantitative estimate of drug-likeness (QED) is 0.323. The van der Waals surface area contributed by atoms with E-state index in [2.05, 4.69) is 0 Å². The van der Waals surface area contributed by atoms with Gasteiger partial charge >= 0.3 is 5.97 Å². The number of Topliss-reactive ketones (excluding diaryl/α,β-unsaturated/α-hetero) is 2. The van der Waals surface area contributed by atoms with Gasteiger partial charge in [-0.15, -0.1) is 0 Å². The van der Waals surface area contributed by atoms with E-state index in [1.54, 1.807) is 39.0 Å². The van der Waals surface area contributed by atoms with Gasteiger partial charge in [0, 0.05) is 25.0 Å². The van der Waals surface area contributed by atoms with Crippen LogP contribution >= 0.6 is 0 Å². The number of methoxy groups -OCH3 is 2. The van der Waals surface area contributed by atoms with Crippen LogP contribution in [0.15, 0.2) is 59.1 Å². The second-order valence-corrected chi connectivity index (χ2v) is 12.4. The summed E-state index contributed by atoms with van der Waals surface area (Å²) in [5, 5.41) is 0. The number of carbonyl (C=O) groups excluding carboxylic acids is 4. The first kappa shape index (κ1) is 35.9. The number of hydrogen-bond acceptors (Lipinski definition) is 8. The van der Waals surface area contributed by atoms with Crippen LogP contribution in [0.3, 0.4) is 0 Å². The van der Waals surface area contributed by atoms with E-state index >= 15 is 0 Å². The van der Waals surface area contributed by atoms with Crippen LogP contribution in [0.1, 0.15) is 68.7 Å². The van der Waals surface area contributed by atoms with E-state index in [-0.39, 0.29) is 52.9 Å². The lowest BCUT2D eigenvalue weighted by Crippen LogP contribution is -2.43. The summed E-state index contributed by atoms with van der Waals surface area (Å²) < 4.78 is 23.2. The molecule has 0 amide bonds. The topological polar surface area (TPSA) is 105 Å². The summed E-state index contributed by atoms with van der Waals surface area (Å²) >= 11 is 0. The van der Waals surface area contributed by atoms with Gasteiger partial charge in [-0.2, -0.15) is 0 Å². The third-order valence-corrected chi connectivity index (χ3v) is 8.33. The normalized spacial score (nSPS) is 33.8. The van der Waals surface area contributed by atoms with Crippen LogP contribution in [0.25, 0.3) is 0 Å². The van der Waals surface area contributed by atoms with Gasteiger partial charge < -0.3 is 18.9 Å². The van der Waals surface area contributed by atoms with Gasteiger partial charge in [-0.05, 0) is 39.2 Å². The van der Waals surface area contributed by atoms with E-state index < -0.39 is 30.0 Å². The van der Waals surface area contributed by atoms with Gasteiger partial charge in [0.1, 0.15) is 35.6 Å². The number of cyclic esters (lactones) is 1. The minimum absolute atomic E-state index is 0.0708. The lowest BCUT2D eigenvalue weighted by atomic mass is 9.84. The molecule has 2 heterocycles. The number of ketones is 3. The van der Waals surface area contributed by atoms with Crippen molar-refractivity contribution >= 4 is 23.3 Å². The summed E-state index contributed by atoms with van der Waals surface area (Å²) in [6.07, 6.45) is 8.59. The Morgan fingerprint density at radius 3 is 2.19 bits per heavy atom. The molecule has 2 rings (SSSR count). The van der Waals surface area contributed by atoms with Crippen molar-refractivity contribution < 1.29 is 38.1 Å². The molecule has 8 nitrogen and oxygen atoms in total. The third-order valence-electron chi connectivity index (χ3n) is 8.33. The molecule has 2 unspecified atom stereocenters. The van der Waals surface area contributed by atoms with Crippen molar-refractivity contribution in [3.63, 3.8) is 0 Å². The van der Waals surface area contributed by atoms with E-state index in [1.165, 1.54) is 26.4 Å². The Hall–Kier alpha value is -3.26. The van der Waals surface area contributed by atoms with E-state index in [9.17, 15) is 19.2 Å². The average molecular weight is 599 g/mol. The molecular formula is C35H50O8. The molecule has 2 aliphatic heterocycles. The zero-order chi connectivity index (χ0) is 32.6. The number of rotatable bonds is 7. The molecule has 0 fully saturated rings. The zero-order valence-corrected chi connectivity index (χ0v) is 27.6. The third kappa shape index (κ3) is 9.36. The minimum atomic E-state index is -1.02. The highest BCUT2D eigenvalue weighted by Crippen LogP contribution is 2.32. The molecule has 0 radical (unpaired) electrons. The van der Waals surface area contributed by atoms with E-state index in [1.807, 2.05) is 47.6 Å². The van der Waals surface area contributed by atoms with Gasteiger partial charge in [0.25, 0.3) is 0 Å². The summed E-state index contributed by atoms with van der Waals surface area (Å²) in [5.41, 5.74) is 1.67. The second kappa shape index (κ2) is 16.0. The molecule has 0 N–H and O–H groups in total. The molecule has 0 saturated carbocycles. The van der Waals surface area contributed by atoms with Crippen molar-refractivity contribution in [2.45, 2.75) is 87.0 Å². The molecule has 0 saturated heterocycles. The van der Waals surface area contributed by atoms with Gasteiger partial charge in [0.2, 0.25) is 5.76 Å². The van der Waals surface area contributed by atoms with E-state index in [0.717, 1.165) is 5.57 Å². The maximum absolute atomic E-state index is 13.9. The lowest BCUT2D eigenvalue weighted by molar-refractivity contribution is -0.159. The predicted octanol–water partition coefficient (Wildman–Crippen LogP) is 6.12. The van der Waals surface area contributed by atoms with Crippen LogP contribution in [0.5, 0.6) is 0 Å². The first-order chi connectivity index (χ1) is 20.1. The van der Waals surface area contributed by atoms with Gasteiger partial charge in [-0.1, -0.05) is 77.0 Å². The maximum Gasteiger partial charge on any atom is 0.373 e. The molecule has 238 valence electrons. The lowest BCUT2D eigenvalue weighted by Gasteiger charge is -2.35. The molecule has 8 heteroatoms. The molecule has 0 aromatic heterocycles. The molecule has 0 aromatic rings. The molecule has 0 aliphatic carbocycles. The summed E-state index contributed by atoms with van der Waals surface area (Å²) in [4.78, 5) is 53.0. The Kier molecular flexibility index (Phi) is 13.4. The summed E-state index contributed by atoms with van der Waals surface area (Å²) in [5.74, 6) is -3.13. The SMILES string of the molecule is CO/C1=C\C(C)=C\C(C)C(=O)[C@@H](C)C/C(C)=C/C=C/C(OC)[C@@H]([C@@H](C)C(=O)[C@H](C)C2=CC(=O)[C@H](C)[C@@H](C(C)C)O2)OC1=O. The number of carbonyl (C=O) groups is 4. The fraction of sp³-hybridized carbons (Fsp3) is 0.600.